The minimum atomic E-state index is -0.186. The summed E-state index contributed by atoms with van der Waals surface area (Å²) in [6, 6.07) is 20.5. The molecule has 0 aliphatic heterocycles. The molecule has 0 bridgehead atoms. The molecule has 2 aromatic carbocycles. The van der Waals surface area contributed by atoms with Crippen molar-refractivity contribution in [2.45, 2.75) is 19.3 Å². The Morgan fingerprint density at radius 1 is 0.800 bits per heavy atom. The quantitative estimate of drug-likeness (QED) is 0.495. The fourth-order valence-corrected chi connectivity index (χ4v) is 3.68. The van der Waals surface area contributed by atoms with E-state index in [9.17, 15) is 0 Å². The van der Waals surface area contributed by atoms with E-state index in [0.29, 0.717) is 0 Å². The standard InChI is InChI=1S/C22H17N3/c1-22(2)16-12-19(14-8-4-3-5-9-14)23-13-15(16)20-21(22)25-18-11-7-6-10-17(18)24-20/h3-13H,1-2H3. The molecule has 0 atom stereocenters. The van der Waals surface area contributed by atoms with Gasteiger partial charge < -0.3 is 0 Å². The van der Waals surface area contributed by atoms with Crippen LogP contribution in [0.4, 0.5) is 0 Å². The molecule has 2 heterocycles. The Kier molecular flexibility index (Phi) is 2.84. The third-order valence-corrected chi connectivity index (χ3v) is 5.06. The Balaban J connectivity index is 1.76. The van der Waals surface area contributed by atoms with Gasteiger partial charge in [0, 0.05) is 22.7 Å². The predicted molar refractivity (Wildman–Crippen MR) is 100 cm³/mol. The van der Waals surface area contributed by atoms with E-state index in [1.165, 1.54) is 5.56 Å². The normalized spacial score (nSPS) is 14.3. The van der Waals surface area contributed by atoms with Crippen molar-refractivity contribution in [3.63, 3.8) is 0 Å². The minimum Gasteiger partial charge on any atom is -0.256 e. The zero-order valence-corrected chi connectivity index (χ0v) is 14.2. The third kappa shape index (κ3) is 2.02. The number of rotatable bonds is 1. The highest BCUT2D eigenvalue weighted by Gasteiger charge is 2.39. The van der Waals surface area contributed by atoms with Gasteiger partial charge in [0.05, 0.1) is 28.1 Å². The van der Waals surface area contributed by atoms with Gasteiger partial charge in [-0.15, -0.1) is 0 Å². The summed E-state index contributed by atoms with van der Waals surface area (Å²) in [4.78, 5) is 14.5. The number of hydrogen-bond acceptors (Lipinski definition) is 3. The number of para-hydroxylation sites is 2. The topological polar surface area (TPSA) is 38.7 Å². The summed E-state index contributed by atoms with van der Waals surface area (Å²) in [6.45, 7) is 4.44. The second-order valence-electron chi connectivity index (χ2n) is 7.02. The lowest BCUT2D eigenvalue weighted by Gasteiger charge is -2.20. The SMILES string of the molecule is CC1(C)c2cc(-c3ccccc3)ncc2-c2nc3ccccc3nc21. The first-order valence-corrected chi connectivity index (χ1v) is 8.48. The molecule has 0 radical (unpaired) electrons. The zero-order chi connectivity index (χ0) is 17.0. The van der Waals surface area contributed by atoms with E-state index < -0.39 is 0 Å². The summed E-state index contributed by atoms with van der Waals surface area (Å²) in [5.41, 5.74) is 8.14. The molecule has 2 aromatic heterocycles. The van der Waals surface area contributed by atoms with Crippen LogP contribution in [0.25, 0.3) is 33.5 Å². The maximum Gasteiger partial charge on any atom is 0.0952 e. The number of hydrogen-bond donors (Lipinski definition) is 0. The molecule has 3 nitrogen and oxygen atoms in total. The summed E-state index contributed by atoms with van der Waals surface area (Å²) < 4.78 is 0. The lowest BCUT2D eigenvalue weighted by molar-refractivity contribution is 0.638. The monoisotopic (exact) mass is 323 g/mol. The zero-order valence-electron chi connectivity index (χ0n) is 14.2. The van der Waals surface area contributed by atoms with Gasteiger partial charge in [0.1, 0.15) is 0 Å². The summed E-state index contributed by atoms with van der Waals surface area (Å²) in [5.74, 6) is 0. The largest absolute Gasteiger partial charge is 0.256 e. The van der Waals surface area contributed by atoms with Crippen LogP contribution in [0.3, 0.4) is 0 Å². The summed E-state index contributed by atoms with van der Waals surface area (Å²) in [5, 5.41) is 0. The van der Waals surface area contributed by atoms with Crippen LogP contribution in [0.1, 0.15) is 25.1 Å². The second-order valence-corrected chi connectivity index (χ2v) is 7.02. The first-order chi connectivity index (χ1) is 12.1. The van der Waals surface area contributed by atoms with Crippen molar-refractivity contribution >= 4 is 11.0 Å². The molecule has 4 aromatic rings. The molecular formula is C22H17N3. The van der Waals surface area contributed by atoms with Crippen LogP contribution in [0.2, 0.25) is 0 Å². The van der Waals surface area contributed by atoms with Crippen molar-refractivity contribution in [3.05, 3.63) is 78.1 Å². The molecule has 0 saturated heterocycles. The van der Waals surface area contributed by atoms with Crippen LogP contribution in [0, 0.1) is 0 Å². The molecule has 0 amide bonds. The number of nitrogens with zero attached hydrogens (tertiary/aromatic N) is 3. The van der Waals surface area contributed by atoms with Crippen LogP contribution in [0.5, 0.6) is 0 Å². The van der Waals surface area contributed by atoms with Gasteiger partial charge in [-0.25, -0.2) is 9.97 Å². The lowest BCUT2D eigenvalue weighted by atomic mass is 9.85. The molecule has 0 unspecified atom stereocenters. The predicted octanol–water partition coefficient (Wildman–Crippen LogP) is 5.00. The highest BCUT2D eigenvalue weighted by atomic mass is 14.9. The van der Waals surface area contributed by atoms with Crippen LogP contribution < -0.4 is 0 Å². The Hall–Kier alpha value is -3.07. The van der Waals surface area contributed by atoms with E-state index >= 15 is 0 Å². The lowest BCUT2D eigenvalue weighted by Crippen LogP contribution is -2.17. The third-order valence-electron chi connectivity index (χ3n) is 5.06. The van der Waals surface area contributed by atoms with E-state index in [-0.39, 0.29) is 5.41 Å². The Labute approximate surface area is 146 Å². The molecule has 1 aliphatic carbocycles. The number of pyridine rings is 1. The van der Waals surface area contributed by atoms with E-state index in [1.54, 1.807) is 0 Å². The van der Waals surface area contributed by atoms with Crippen molar-refractivity contribution in [1.29, 1.82) is 0 Å². The first-order valence-electron chi connectivity index (χ1n) is 8.48. The maximum atomic E-state index is 4.94. The number of fused-ring (bicyclic) bond motifs is 4. The molecule has 3 heteroatoms. The van der Waals surface area contributed by atoms with Gasteiger partial charge >= 0.3 is 0 Å². The van der Waals surface area contributed by atoms with Gasteiger partial charge in [-0.3, -0.25) is 4.98 Å². The molecule has 0 saturated carbocycles. The minimum absolute atomic E-state index is 0.186. The molecular weight excluding hydrogens is 306 g/mol. The number of aromatic nitrogens is 3. The van der Waals surface area contributed by atoms with Crippen molar-refractivity contribution in [3.8, 4) is 22.5 Å². The highest BCUT2D eigenvalue weighted by molar-refractivity contribution is 5.84. The van der Waals surface area contributed by atoms with Gasteiger partial charge in [0.2, 0.25) is 0 Å². The van der Waals surface area contributed by atoms with Crippen molar-refractivity contribution in [1.82, 2.24) is 15.0 Å². The smallest absolute Gasteiger partial charge is 0.0952 e. The highest BCUT2D eigenvalue weighted by Crippen LogP contribution is 2.47. The van der Waals surface area contributed by atoms with Crippen molar-refractivity contribution < 1.29 is 0 Å². The second kappa shape index (κ2) is 4.96. The van der Waals surface area contributed by atoms with Crippen LogP contribution in [-0.2, 0) is 5.41 Å². The van der Waals surface area contributed by atoms with Crippen LogP contribution >= 0.6 is 0 Å². The Morgan fingerprint density at radius 2 is 1.48 bits per heavy atom. The summed E-state index contributed by atoms with van der Waals surface area (Å²) >= 11 is 0. The van der Waals surface area contributed by atoms with E-state index in [4.69, 9.17) is 15.0 Å². The van der Waals surface area contributed by atoms with Crippen molar-refractivity contribution in [2.75, 3.05) is 0 Å². The van der Waals surface area contributed by atoms with E-state index in [0.717, 1.165) is 39.2 Å². The van der Waals surface area contributed by atoms with Gasteiger partial charge in [0.25, 0.3) is 0 Å². The molecule has 5 rings (SSSR count). The average molecular weight is 323 g/mol. The Morgan fingerprint density at radius 3 is 2.24 bits per heavy atom. The molecule has 120 valence electrons. The first kappa shape index (κ1) is 14.3. The van der Waals surface area contributed by atoms with E-state index in [2.05, 4.69) is 32.0 Å². The number of benzene rings is 2. The molecule has 0 N–H and O–H groups in total. The average Bonchev–Trinajstić information content (AvgIpc) is 2.88. The van der Waals surface area contributed by atoms with Crippen LogP contribution in [0.15, 0.2) is 66.9 Å². The summed E-state index contributed by atoms with van der Waals surface area (Å²) in [7, 11) is 0. The Bertz CT molecular complexity index is 1110. The van der Waals surface area contributed by atoms with Gasteiger partial charge in [-0.1, -0.05) is 56.3 Å². The van der Waals surface area contributed by atoms with E-state index in [1.807, 2.05) is 48.7 Å². The van der Waals surface area contributed by atoms with Gasteiger partial charge in [0.15, 0.2) is 0 Å². The fourth-order valence-electron chi connectivity index (χ4n) is 3.68. The van der Waals surface area contributed by atoms with Gasteiger partial charge in [-0.2, -0.15) is 0 Å². The van der Waals surface area contributed by atoms with Gasteiger partial charge in [-0.05, 0) is 23.8 Å². The molecule has 1 aliphatic rings. The summed E-state index contributed by atoms with van der Waals surface area (Å²) in [6.07, 6.45) is 1.95. The van der Waals surface area contributed by atoms with Crippen LogP contribution in [-0.4, -0.2) is 15.0 Å². The molecule has 0 spiro atoms. The molecule has 25 heavy (non-hydrogen) atoms. The maximum absolute atomic E-state index is 4.94. The fraction of sp³-hybridized carbons (Fsp3) is 0.136. The molecule has 0 fully saturated rings. The van der Waals surface area contributed by atoms with Crippen molar-refractivity contribution in [2.24, 2.45) is 0 Å².